The lowest BCUT2D eigenvalue weighted by atomic mass is 9.98. The van der Waals surface area contributed by atoms with Crippen molar-refractivity contribution in [2.75, 3.05) is 32.8 Å². The molecule has 1 fully saturated rings. The number of nitrogens with zero attached hydrogens (tertiary/aromatic N) is 1. The second-order valence-corrected chi connectivity index (χ2v) is 6.15. The number of carbonyl (C=O) groups excluding carboxylic acids is 1. The van der Waals surface area contributed by atoms with Crippen LogP contribution in [-0.2, 0) is 9.53 Å². The van der Waals surface area contributed by atoms with E-state index >= 15 is 0 Å². The highest BCUT2D eigenvalue weighted by atomic mass is 35.5. The van der Waals surface area contributed by atoms with E-state index in [2.05, 4.69) is 4.90 Å². The van der Waals surface area contributed by atoms with Crippen LogP contribution in [-0.4, -0.2) is 54.9 Å². The predicted molar refractivity (Wildman–Crippen MR) is 88.8 cm³/mol. The molecule has 1 aromatic rings. The fourth-order valence-electron chi connectivity index (χ4n) is 2.77. The van der Waals surface area contributed by atoms with Crippen LogP contribution in [0.5, 0.6) is 5.75 Å². The summed E-state index contributed by atoms with van der Waals surface area (Å²) in [5.41, 5.74) is 0. The first kappa shape index (κ1) is 18.0. The van der Waals surface area contributed by atoms with E-state index < -0.39 is 6.10 Å². The zero-order valence-electron chi connectivity index (χ0n) is 13.4. The molecule has 0 amide bonds. The molecule has 0 aliphatic carbocycles. The Morgan fingerprint density at radius 3 is 3.00 bits per heavy atom. The van der Waals surface area contributed by atoms with Gasteiger partial charge in [-0.2, -0.15) is 0 Å². The summed E-state index contributed by atoms with van der Waals surface area (Å²) in [5, 5.41) is 10.7. The number of aliphatic hydroxyl groups is 1. The zero-order valence-corrected chi connectivity index (χ0v) is 14.2. The number of likely N-dealkylation sites (tertiary alicyclic amines) is 1. The monoisotopic (exact) mass is 341 g/mol. The minimum Gasteiger partial charge on any atom is -0.489 e. The van der Waals surface area contributed by atoms with Gasteiger partial charge in [0.05, 0.1) is 17.5 Å². The van der Waals surface area contributed by atoms with Gasteiger partial charge < -0.3 is 14.6 Å². The van der Waals surface area contributed by atoms with Crippen LogP contribution in [0.2, 0.25) is 5.02 Å². The average molecular weight is 342 g/mol. The first-order valence-corrected chi connectivity index (χ1v) is 8.42. The molecule has 128 valence electrons. The van der Waals surface area contributed by atoms with Gasteiger partial charge in [0.25, 0.3) is 0 Å². The fourth-order valence-corrected chi connectivity index (χ4v) is 2.96. The van der Waals surface area contributed by atoms with Crippen LogP contribution in [0.4, 0.5) is 0 Å². The molecular weight excluding hydrogens is 318 g/mol. The summed E-state index contributed by atoms with van der Waals surface area (Å²) in [6.45, 7) is 4.36. The SMILES string of the molecule is CCOC(=O)[C@@H]1CCCN(C[C@H](O)COc2ccccc2Cl)C1. The van der Waals surface area contributed by atoms with E-state index in [0.29, 0.717) is 30.5 Å². The lowest BCUT2D eigenvalue weighted by Crippen LogP contribution is -2.44. The van der Waals surface area contributed by atoms with Gasteiger partial charge in [0.15, 0.2) is 0 Å². The Morgan fingerprint density at radius 2 is 2.26 bits per heavy atom. The van der Waals surface area contributed by atoms with Crippen LogP contribution in [0.15, 0.2) is 24.3 Å². The Balaban J connectivity index is 1.77. The quantitative estimate of drug-likeness (QED) is 0.771. The molecular formula is C17H24ClNO4. The standard InChI is InChI=1S/C17H24ClNO4/c1-2-22-17(21)13-6-5-9-19(10-13)11-14(20)12-23-16-8-4-3-7-15(16)18/h3-4,7-8,13-14,20H,2,5-6,9-12H2,1H3/t13-,14+/m1/s1. The number of benzene rings is 1. The Morgan fingerprint density at radius 1 is 1.48 bits per heavy atom. The number of β-amino-alcohol motifs (C(OH)–C–C–N with tert-alkyl or cyclic N) is 1. The van der Waals surface area contributed by atoms with E-state index in [9.17, 15) is 9.90 Å². The van der Waals surface area contributed by atoms with E-state index in [1.165, 1.54) is 0 Å². The van der Waals surface area contributed by atoms with Gasteiger partial charge in [0.2, 0.25) is 0 Å². The van der Waals surface area contributed by atoms with E-state index in [1.807, 2.05) is 19.1 Å². The van der Waals surface area contributed by atoms with Crippen molar-refractivity contribution in [3.8, 4) is 5.75 Å². The molecule has 0 unspecified atom stereocenters. The molecule has 1 saturated heterocycles. The number of esters is 1. The Labute approximate surface area is 142 Å². The number of hydrogen-bond acceptors (Lipinski definition) is 5. The number of ether oxygens (including phenoxy) is 2. The molecule has 2 atom stereocenters. The largest absolute Gasteiger partial charge is 0.489 e. The molecule has 0 aromatic heterocycles. The van der Waals surface area contributed by atoms with Crippen LogP contribution in [0, 0.1) is 5.92 Å². The van der Waals surface area contributed by atoms with Gasteiger partial charge in [-0.1, -0.05) is 23.7 Å². The van der Waals surface area contributed by atoms with Crippen molar-refractivity contribution >= 4 is 17.6 Å². The number of piperidine rings is 1. The van der Waals surface area contributed by atoms with Gasteiger partial charge in [-0.3, -0.25) is 9.69 Å². The van der Waals surface area contributed by atoms with Crippen LogP contribution in [0.25, 0.3) is 0 Å². The Hall–Kier alpha value is -1.30. The second-order valence-electron chi connectivity index (χ2n) is 5.75. The molecule has 1 aliphatic heterocycles. The summed E-state index contributed by atoms with van der Waals surface area (Å²) < 4.78 is 10.6. The summed E-state index contributed by atoms with van der Waals surface area (Å²) in [6, 6.07) is 7.18. The summed E-state index contributed by atoms with van der Waals surface area (Å²) in [7, 11) is 0. The first-order valence-electron chi connectivity index (χ1n) is 8.04. The highest BCUT2D eigenvalue weighted by Gasteiger charge is 2.27. The molecule has 0 radical (unpaired) electrons. The minimum atomic E-state index is -0.632. The molecule has 0 bridgehead atoms. The molecule has 1 aliphatic rings. The third kappa shape index (κ3) is 5.68. The lowest BCUT2D eigenvalue weighted by molar-refractivity contribution is -0.150. The van der Waals surface area contributed by atoms with Crippen molar-refractivity contribution in [3.63, 3.8) is 0 Å². The van der Waals surface area contributed by atoms with Crippen molar-refractivity contribution in [2.24, 2.45) is 5.92 Å². The number of hydrogen-bond donors (Lipinski definition) is 1. The van der Waals surface area contributed by atoms with E-state index in [-0.39, 0.29) is 18.5 Å². The molecule has 6 heteroatoms. The first-order chi connectivity index (χ1) is 11.1. The van der Waals surface area contributed by atoms with Gasteiger partial charge in [0.1, 0.15) is 18.5 Å². The highest BCUT2D eigenvalue weighted by Crippen LogP contribution is 2.23. The normalized spacial score (nSPS) is 20.0. The van der Waals surface area contributed by atoms with Gasteiger partial charge in [-0.25, -0.2) is 0 Å². The number of rotatable bonds is 7. The van der Waals surface area contributed by atoms with Crippen LogP contribution >= 0.6 is 11.6 Å². The van der Waals surface area contributed by atoms with Gasteiger partial charge in [-0.15, -0.1) is 0 Å². The molecule has 5 nitrogen and oxygen atoms in total. The zero-order chi connectivity index (χ0) is 16.7. The van der Waals surface area contributed by atoms with Crippen molar-refractivity contribution in [3.05, 3.63) is 29.3 Å². The van der Waals surface area contributed by atoms with Gasteiger partial charge >= 0.3 is 5.97 Å². The maximum Gasteiger partial charge on any atom is 0.310 e. The maximum atomic E-state index is 11.8. The van der Waals surface area contributed by atoms with E-state index in [1.54, 1.807) is 12.1 Å². The molecule has 0 spiro atoms. The molecule has 1 aromatic carbocycles. The van der Waals surface area contributed by atoms with Crippen molar-refractivity contribution in [2.45, 2.75) is 25.9 Å². The number of aliphatic hydroxyl groups excluding tert-OH is 1. The van der Waals surface area contributed by atoms with Gasteiger partial charge in [0, 0.05) is 13.1 Å². The molecule has 0 saturated carbocycles. The van der Waals surface area contributed by atoms with E-state index in [4.69, 9.17) is 21.1 Å². The fraction of sp³-hybridized carbons (Fsp3) is 0.588. The Kier molecular flexibility index (Phi) is 7.15. The van der Waals surface area contributed by atoms with E-state index in [0.717, 1.165) is 19.4 Å². The molecule has 1 N–H and O–H groups in total. The van der Waals surface area contributed by atoms with Crippen molar-refractivity contribution < 1.29 is 19.4 Å². The molecule has 1 heterocycles. The smallest absolute Gasteiger partial charge is 0.310 e. The van der Waals surface area contributed by atoms with Crippen molar-refractivity contribution in [1.82, 2.24) is 4.90 Å². The topological polar surface area (TPSA) is 59.0 Å². The molecule has 2 rings (SSSR count). The second kappa shape index (κ2) is 9.11. The lowest BCUT2D eigenvalue weighted by Gasteiger charge is -2.32. The minimum absolute atomic E-state index is 0.0969. The third-order valence-corrected chi connectivity index (χ3v) is 4.17. The van der Waals surface area contributed by atoms with Crippen molar-refractivity contribution in [1.29, 1.82) is 0 Å². The summed E-state index contributed by atoms with van der Waals surface area (Å²) >= 11 is 6.01. The van der Waals surface area contributed by atoms with Crippen LogP contribution in [0.3, 0.4) is 0 Å². The number of carbonyl (C=O) groups is 1. The summed E-state index contributed by atoms with van der Waals surface area (Å²) in [4.78, 5) is 13.9. The number of halogens is 1. The highest BCUT2D eigenvalue weighted by molar-refractivity contribution is 6.32. The summed E-state index contributed by atoms with van der Waals surface area (Å²) in [5.74, 6) is 0.329. The summed E-state index contributed by atoms with van der Waals surface area (Å²) in [6.07, 6.45) is 1.15. The predicted octanol–water partition coefficient (Wildman–Crippen LogP) is 2.35. The Bertz CT molecular complexity index is 511. The number of para-hydroxylation sites is 1. The maximum absolute atomic E-state index is 11.8. The van der Waals surface area contributed by atoms with Crippen LogP contribution < -0.4 is 4.74 Å². The molecule has 23 heavy (non-hydrogen) atoms. The average Bonchev–Trinajstić information content (AvgIpc) is 2.54. The van der Waals surface area contributed by atoms with Gasteiger partial charge in [-0.05, 0) is 38.4 Å². The third-order valence-electron chi connectivity index (χ3n) is 3.86. The van der Waals surface area contributed by atoms with Crippen LogP contribution in [0.1, 0.15) is 19.8 Å².